The Hall–Kier alpha value is -2.44. The van der Waals surface area contributed by atoms with Crippen molar-refractivity contribution in [1.82, 2.24) is 5.32 Å². The molecule has 2 aromatic rings. The Balaban J connectivity index is 2.08. The summed E-state index contributed by atoms with van der Waals surface area (Å²) in [6, 6.07) is 6.85. The molecule has 0 unspecified atom stereocenters. The molecule has 7 heteroatoms. The minimum Gasteiger partial charge on any atom is -0.348 e. The van der Waals surface area contributed by atoms with Gasteiger partial charge in [0.25, 0.3) is 5.91 Å². The monoisotopic (exact) mass is 315 g/mol. The van der Waals surface area contributed by atoms with Crippen molar-refractivity contribution in [2.75, 3.05) is 0 Å². The molecule has 0 aliphatic carbocycles. The van der Waals surface area contributed by atoms with Gasteiger partial charge < -0.3 is 5.32 Å². The van der Waals surface area contributed by atoms with E-state index in [1.54, 1.807) is 0 Å². The van der Waals surface area contributed by atoms with Crippen molar-refractivity contribution in [3.63, 3.8) is 0 Å². The van der Waals surface area contributed by atoms with Gasteiger partial charge in [0.1, 0.15) is 11.6 Å². The number of hydrogen-bond acceptors (Lipinski definition) is 1. The second-order valence-electron chi connectivity index (χ2n) is 4.50. The van der Waals surface area contributed by atoms with Crippen molar-refractivity contribution in [1.29, 1.82) is 0 Å². The quantitative estimate of drug-likeness (QED) is 0.855. The molecule has 0 heterocycles. The first-order valence-electron chi connectivity index (χ1n) is 6.17. The molecule has 0 bridgehead atoms. The van der Waals surface area contributed by atoms with Gasteiger partial charge >= 0.3 is 6.18 Å². The molecule has 0 fully saturated rings. The second kappa shape index (κ2) is 6.13. The van der Waals surface area contributed by atoms with E-state index in [9.17, 15) is 26.7 Å². The SMILES string of the molecule is O=C(NCc1cccc(C(F)(F)F)c1)c1ccc(F)cc1F. The van der Waals surface area contributed by atoms with Gasteiger partial charge in [-0.15, -0.1) is 0 Å². The number of rotatable bonds is 3. The Bertz CT molecular complexity index is 697. The Labute approximate surface area is 122 Å². The summed E-state index contributed by atoms with van der Waals surface area (Å²) in [5.74, 6) is -2.71. The molecule has 116 valence electrons. The number of halogens is 5. The Morgan fingerprint density at radius 1 is 1.05 bits per heavy atom. The zero-order valence-electron chi connectivity index (χ0n) is 11.0. The van der Waals surface area contributed by atoms with E-state index in [0.717, 1.165) is 24.3 Å². The number of alkyl halides is 3. The Kier molecular flexibility index (Phi) is 4.44. The summed E-state index contributed by atoms with van der Waals surface area (Å²) < 4.78 is 63.8. The third-order valence-corrected chi connectivity index (χ3v) is 2.88. The number of hydrogen-bond donors (Lipinski definition) is 1. The molecular formula is C15H10F5NO. The van der Waals surface area contributed by atoms with Crippen molar-refractivity contribution in [3.8, 4) is 0 Å². The topological polar surface area (TPSA) is 29.1 Å². The largest absolute Gasteiger partial charge is 0.416 e. The van der Waals surface area contributed by atoms with E-state index in [1.807, 2.05) is 0 Å². The molecule has 0 atom stereocenters. The highest BCUT2D eigenvalue weighted by Gasteiger charge is 2.30. The van der Waals surface area contributed by atoms with Crippen LogP contribution in [0.3, 0.4) is 0 Å². The number of nitrogens with one attached hydrogen (secondary N) is 1. The van der Waals surface area contributed by atoms with Gasteiger partial charge in [0.2, 0.25) is 0 Å². The predicted molar refractivity (Wildman–Crippen MR) is 69.0 cm³/mol. The lowest BCUT2D eigenvalue weighted by Gasteiger charge is -2.10. The van der Waals surface area contributed by atoms with Crippen molar-refractivity contribution >= 4 is 5.91 Å². The van der Waals surface area contributed by atoms with Gasteiger partial charge in [0.15, 0.2) is 0 Å². The number of carbonyl (C=O) groups excluding carboxylic acids is 1. The molecule has 2 nitrogen and oxygen atoms in total. The van der Waals surface area contributed by atoms with E-state index in [-0.39, 0.29) is 17.7 Å². The first kappa shape index (κ1) is 15.9. The summed E-state index contributed by atoms with van der Waals surface area (Å²) in [5.41, 5.74) is -1.01. The zero-order chi connectivity index (χ0) is 16.3. The standard InChI is InChI=1S/C15H10F5NO/c16-11-4-5-12(13(17)7-11)14(22)21-8-9-2-1-3-10(6-9)15(18,19)20/h1-7H,8H2,(H,21,22). The van der Waals surface area contributed by atoms with E-state index < -0.39 is 29.3 Å². The van der Waals surface area contributed by atoms with Crippen molar-refractivity contribution < 1.29 is 26.7 Å². The smallest absolute Gasteiger partial charge is 0.348 e. The summed E-state index contributed by atoms with van der Waals surface area (Å²) in [7, 11) is 0. The molecule has 22 heavy (non-hydrogen) atoms. The minimum absolute atomic E-state index is 0.209. The lowest BCUT2D eigenvalue weighted by molar-refractivity contribution is -0.137. The second-order valence-corrected chi connectivity index (χ2v) is 4.50. The molecule has 0 saturated heterocycles. The molecule has 0 aromatic heterocycles. The normalized spacial score (nSPS) is 11.3. The van der Waals surface area contributed by atoms with Crippen LogP contribution in [0.2, 0.25) is 0 Å². The van der Waals surface area contributed by atoms with Crippen LogP contribution in [0.1, 0.15) is 21.5 Å². The maximum absolute atomic E-state index is 13.4. The molecule has 0 spiro atoms. The highest BCUT2D eigenvalue weighted by atomic mass is 19.4. The molecule has 1 N–H and O–H groups in total. The summed E-state index contributed by atoms with van der Waals surface area (Å²) in [6.07, 6.45) is -4.48. The first-order valence-corrected chi connectivity index (χ1v) is 6.17. The molecular weight excluding hydrogens is 305 g/mol. The molecule has 0 aliphatic heterocycles. The summed E-state index contributed by atoms with van der Waals surface area (Å²) in [6.45, 7) is -0.209. The number of amides is 1. The van der Waals surface area contributed by atoms with Gasteiger partial charge in [-0.1, -0.05) is 12.1 Å². The van der Waals surface area contributed by atoms with E-state index in [4.69, 9.17) is 0 Å². The number of carbonyl (C=O) groups is 1. The highest BCUT2D eigenvalue weighted by Crippen LogP contribution is 2.29. The van der Waals surface area contributed by atoms with Crippen molar-refractivity contribution in [2.24, 2.45) is 0 Å². The van der Waals surface area contributed by atoms with Gasteiger partial charge in [-0.3, -0.25) is 4.79 Å². The molecule has 0 saturated carbocycles. The summed E-state index contributed by atoms with van der Waals surface area (Å²) in [5, 5.41) is 2.29. The Morgan fingerprint density at radius 3 is 2.41 bits per heavy atom. The van der Waals surface area contributed by atoms with Crippen molar-refractivity contribution in [2.45, 2.75) is 12.7 Å². The van der Waals surface area contributed by atoms with Crippen LogP contribution in [-0.2, 0) is 12.7 Å². The van der Waals surface area contributed by atoms with Crippen LogP contribution >= 0.6 is 0 Å². The number of benzene rings is 2. The zero-order valence-corrected chi connectivity index (χ0v) is 11.0. The van der Waals surface area contributed by atoms with Gasteiger partial charge in [-0.05, 0) is 29.8 Å². The third kappa shape index (κ3) is 3.81. The van der Waals surface area contributed by atoms with E-state index in [2.05, 4.69) is 5.32 Å². The van der Waals surface area contributed by atoms with Crippen LogP contribution in [0, 0.1) is 11.6 Å². The third-order valence-electron chi connectivity index (χ3n) is 2.88. The van der Waals surface area contributed by atoms with Crippen LogP contribution < -0.4 is 5.32 Å². The fourth-order valence-electron chi connectivity index (χ4n) is 1.81. The maximum atomic E-state index is 13.4. The fourth-order valence-corrected chi connectivity index (χ4v) is 1.81. The van der Waals surface area contributed by atoms with Crippen molar-refractivity contribution in [3.05, 3.63) is 70.8 Å². The summed E-state index contributed by atoms with van der Waals surface area (Å²) in [4.78, 5) is 11.7. The average Bonchev–Trinajstić information content (AvgIpc) is 2.44. The van der Waals surface area contributed by atoms with E-state index >= 15 is 0 Å². The molecule has 0 radical (unpaired) electrons. The lowest BCUT2D eigenvalue weighted by Crippen LogP contribution is -2.24. The fraction of sp³-hybridized carbons (Fsp3) is 0.133. The average molecular weight is 315 g/mol. The van der Waals surface area contributed by atoms with Crippen LogP contribution in [0.25, 0.3) is 0 Å². The first-order chi connectivity index (χ1) is 10.3. The van der Waals surface area contributed by atoms with Crippen LogP contribution in [0.5, 0.6) is 0 Å². The molecule has 1 amide bonds. The van der Waals surface area contributed by atoms with Crippen LogP contribution in [0.15, 0.2) is 42.5 Å². The van der Waals surface area contributed by atoms with E-state index in [0.29, 0.717) is 6.07 Å². The molecule has 0 aliphatic rings. The van der Waals surface area contributed by atoms with Gasteiger partial charge in [0.05, 0.1) is 11.1 Å². The molecule has 2 rings (SSSR count). The van der Waals surface area contributed by atoms with E-state index in [1.165, 1.54) is 12.1 Å². The van der Waals surface area contributed by atoms with Crippen LogP contribution in [0.4, 0.5) is 22.0 Å². The minimum atomic E-state index is -4.48. The van der Waals surface area contributed by atoms with Gasteiger partial charge in [-0.25, -0.2) is 8.78 Å². The Morgan fingerprint density at radius 2 is 1.77 bits per heavy atom. The van der Waals surface area contributed by atoms with Crippen LogP contribution in [-0.4, -0.2) is 5.91 Å². The molecule has 2 aromatic carbocycles. The maximum Gasteiger partial charge on any atom is 0.416 e. The predicted octanol–water partition coefficient (Wildman–Crippen LogP) is 3.91. The summed E-state index contributed by atoms with van der Waals surface area (Å²) >= 11 is 0. The van der Waals surface area contributed by atoms with Gasteiger partial charge in [0, 0.05) is 12.6 Å². The lowest BCUT2D eigenvalue weighted by atomic mass is 10.1. The van der Waals surface area contributed by atoms with Gasteiger partial charge in [-0.2, -0.15) is 13.2 Å². The highest BCUT2D eigenvalue weighted by molar-refractivity contribution is 5.94.